The van der Waals surface area contributed by atoms with Gasteiger partial charge in [0.25, 0.3) is 0 Å². The van der Waals surface area contributed by atoms with E-state index in [1.54, 1.807) is 6.07 Å². The summed E-state index contributed by atoms with van der Waals surface area (Å²) in [6.07, 6.45) is 6.82. The first kappa shape index (κ1) is 22.3. The smallest absolute Gasteiger partial charge is 0.220 e. The molecule has 0 amide bonds. The maximum absolute atomic E-state index is 14.6. The minimum atomic E-state index is -0.484. The molecule has 1 saturated heterocycles. The summed E-state index contributed by atoms with van der Waals surface area (Å²) in [4.78, 5) is 12.1. The number of pyridine rings is 1. The molecule has 0 saturated carbocycles. The van der Waals surface area contributed by atoms with E-state index in [1.165, 1.54) is 37.7 Å². The molecule has 3 N–H and O–H groups in total. The van der Waals surface area contributed by atoms with Crippen molar-refractivity contribution in [3.63, 3.8) is 0 Å². The van der Waals surface area contributed by atoms with Gasteiger partial charge in [0, 0.05) is 30.4 Å². The van der Waals surface area contributed by atoms with Crippen LogP contribution in [0.4, 0.5) is 10.3 Å². The van der Waals surface area contributed by atoms with Gasteiger partial charge in [0.2, 0.25) is 5.95 Å². The number of hydrogen-bond acceptors (Lipinski definition) is 6. The van der Waals surface area contributed by atoms with Crippen LogP contribution in [0.25, 0.3) is 22.2 Å². The van der Waals surface area contributed by atoms with Crippen LogP contribution in [0.2, 0.25) is 5.02 Å². The molecular formula is C22H26ClFN4O2. The summed E-state index contributed by atoms with van der Waals surface area (Å²) in [5, 5.41) is 10.5. The Hall–Kier alpha value is -2.35. The minimum absolute atomic E-state index is 0.0567. The number of fused-ring (bicyclic) bond motifs is 1. The lowest BCUT2D eigenvalue weighted by Crippen LogP contribution is -2.03. The predicted molar refractivity (Wildman–Crippen MR) is 117 cm³/mol. The first-order chi connectivity index (χ1) is 14.4. The fourth-order valence-corrected chi connectivity index (χ4v) is 3.74. The average molecular weight is 433 g/mol. The number of ether oxygens (including phenoxy) is 1. The Morgan fingerprint density at radius 1 is 1.17 bits per heavy atom. The molecule has 0 radical (unpaired) electrons. The standard InChI is InChI=1S/C17H16ClFN4O.C5H10O/c1-8(2)14-10(7-24)5-21-16-11(14)3-9(4-13(16)19)15-12(18)6-22-17(20)23-15;1-2-4-6-5-3-1/h3-6,8,24H,7H2,1-2H3,(H2,20,22,23);1-5H2. The van der Waals surface area contributed by atoms with Gasteiger partial charge in [0.05, 0.1) is 23.5 Å². The van der Waals surface area contributed by atoms with Crippen LogP contribution in [0.15, 0.2) is 24.5 Å². The van der Waals surface area contributed by atoms with Gasteiger partial charge in [-0.2, -0.15) is 0 Å². The van der Waals surface area contributed by atoms with Gasteiger partial charge in [-0.3, -0.25) is 4.98 Å². The van der Waals surface area contributed by atoms with Crippen LogP contribution >= 0.6 is 11.6 Å². The van der Waals surface area contributed by atoms with E-state index < -0.39 is 5.82 Å². The molecule has 1 aliphatic rings. The molecule has 0 spiro atoms. The zero-order chi connectivity index (χ0) is 21.7. The molecule has 160 valence electrons. The van der Waals surface area contributed by atoms with E-state index in [2.05, 4.69) is 15.0 Å². The molecule has 0 bridgehead atoms. The number of aromatic nitrogens is 3. The Balaban J connectivity index is 0.000000367. The van der Waals surface area contributed by atoms with Crippen LogP contribution in [0, 0.1) is 5.82 Å². The summed E-state index contributed by atoms with van der Waals surface area (Å²) in [5.41, 5.74) is 8.22. The van der Waals surface area contributed by atoms with Crippen LogP contribution in [0.3, 0.4) is 0 Å². The van der Waals surface area contributed by atoms with E-state index >= 15 is 0 Å². The number of nitrogen functional groups attached to an aromatic ring is 1. The number of aliphatic hydroxyl groups is 1. The fraction of sp³-hybridized carbons (Fsp3) is 0.409. The second kappa shape index (κ2) is 10.1. The summed E-state index contributed by atoms with van der Waals surface area (Å²) >= 11 is 6.14. The predicted octanol–water partition coefficient (Wildman–Crippen LogP) is 4.87. The highest BCUT2D eigenvalue weighted by atomic mass is 35.5. The number of nitrogens with zero attached hydrogens (tertiary/aromatic N) is 3. The van der Waals surface area contributed by atoms with Gasteiger partial charge in [-0.15, -0.1) is 0 Å². The van der Waals surface area contributed by atoms with Gasteiger partial charge in [0.1, 0.15) is 11.3 Å². The lowest BCUT2D eigenvalue weighted by Gasteiger charge is -2.16. The van der Waals surface area contributed by atoms with Crippen molar-refractivity contribution in [3.05, 3.63) is 46.5 Å². The lowest BCUT2D eigenvalue weighted by molar-refractivity contribution is 0.0968. The van der Waals surface area contributed by atoms with Gasteiger partial charge in [0.15, 0.2) is 0 Å². The summed E-state index contributed by atoms with van der Waals surface area (Å²) in [6.45, 7) is 5.80. The molecule has 4 rings (SSSR count). The summed E-state index contributed by atoms with van der Waals surface area (Å²) in [7, 11) is 0. The first-order valence-electron chi connectivity index (χ1n) is 10.0. The van der Waals surface area contributed by atoms with E-state index in [-0.39, 0.29) is 29.0 Å². The number of aliphatic hydroxyl groups excluding tert-OH is 1. The number of anilines is 1. The molecule has 0 atom stereocenters. The van der Waals surface area contributed by atoms with E-state index in [0.29, 0.717) is 22.2 Å². The van der Waals surface area contributed by atoms with E-state index in [0.717, 1.165) is 18.8 Å². The van der Waals surface area contributed by atoms with E-state index in [4.69, 9.17) is 22.1 Å². The third kappa shape index (κ3) is 5.03. The van der Waals surface area contributed by atoms with E-state index in [9.17, 15) is 9.50 Å². The maximum Gasteiger partial charge on any atom is 0.220 e. The maximum atomic E-state index is 14.6. The number of hydrogen-bond donors (Lipinski definition) is 2. The number of nitrogens with two attached hydrogens (primary N) is 1. The highest BCUT2D eigenvalue weighted by molar-refractivity contribution is 6.33. The summed E-state index contributed by atoms with van der Waals surface area (Å²) in [6, 6.07) is 3.10. The fourth-order valence-electron chi connectivity index (χ4n) is 3.54. The van der Waals surface area contributed by atoms with Gasteiger partial charge in [-0.25, -0.2) is 14.4 Å². The molecule has 3 aromatic rings. The normalized spacial score (nSPS) is 13.9. The molecule has 1 aromatic carbocycles. The van der Waals surface area contributed by atoms with Crippen molar-refractivity contribution in [2.45, 2.75) is 45.6 Å². The second-order valence-electron chi connectivity index (χ2n) is 7.46. The number of halogens is 2. The van der Waals surface area contributed by atoms with Gasteiger partial charge in [-0.05, 0) is 48.4 Å². The third-order valence-corrected chi connectivity index (χ3v) is 5.19. The highest BCUT2D eigenvalue weighted by Crippen LogP contribution is 2.34. The Labute approximate surface area is 180 Å². The van der Waals surface area contributed by atoms with Crippen LogP contribution in [0.1, 0.15) is 50.2 Å². The third-order valence-electron chi connectivity index (χ3n) is 4.91. The molecule has 3 heterocycles. The van der Waals surface area contributed by atoms with Gasteiger partial charge >= 0.3 is 0 Å². The van der Waals surface area contributed by atoms with Crippen LogP contribution < -0.4 is 5.73 Å². The number of benzene rings is 1. The largest absolute Gasteiger partial charge is 0.392 e. The van der Waals surface area contributed by atoms with Crippen LogP contribution in [0.5, 0.6) is 0 Å². The van der Waals surface area contributed by atoms with Crippen molar-refractivity contribution in [1.82, 2.24) is 15.0 Å². The zero-order valence-electron chi connectivity index (χ0n) is 17.2. The molecule has 1 fully saturated rings. The lowest BCUT2D eigenvalue weighted by atomic mass is 9.93. The SMILES string of the molecule is C1CCOCC1.CC(C)c1c(CO)cnc2c(F)cc(-c3nc(N)ncc3Cl)cc12. The molecule has 30 heavy (non-hydrogen) atoms. The van der Waals surface area contributed by atoms with Gasteiger partial charge in [-0.1, -0.05) is 25.4 Å². The molecule has 6 nitrogen and oxygen atoms in total. The summed E-state index contributed by atoms with van der Waals surface area (Å²) < 4.78 is 19.7. The number of rotatable bonds is 3. The molecule has 1 aliphatic heterocycles. The monoisotopic (exact) mass is 432 g/mol. The van der Waals surface area contributed by atoms with Crippen molar-refractivity contribution in [2.24, 2.45) is 0 Å². The Morgan fingerprint density at radius 2 is 1.90 bits per heavy atom. The van der Waals surface area contributed by atoms with Crippen LogP contribution in [-0.2, 0) is 11.3 Å². The quantitative estimate of drug-likeness (QED) is 0.613. The second-order valence-corrected chi connectivity index (χ2v) is 7.87. The molecule has 2 aromatic heterocycles. The van der Waals surface area contributed by atoms with Crippen LogP contribution in [-0.4, -0.2) is 33.3 Å². The van der Waals surface area contributed by atoms with Crippen molar-refractivity contribution < 1.29 is 14.2 Å². The Kier molecular flexibility index (Phi) is 7.53. The Bertz CT molecular complexity index is 1010. The topological polar surface area (TPSA) is 94.2 Å². The molecule has 8 heteroatoms. The minimum Gasteiger partial charge on any atom is -0.392 e. The average Bonchev–Trinajstić information content (AvgIpc) is 2.76. The molecule has 0 aliphatic carbocycles. The highest BCUT2D eigenvalue weighted by Gasteiger charge is 2.17. The van der Waals surface area contributed by atoms with Crippen molar-refractivity contribution in [1.29, 1.82) is 0 Å². The van der Waals surface area contributed by atoms with Crippen molar-refractivity contribution >= 4 is 28.5 Å². The van der Waals surface area contributed by atoms with Gasteiger partial charge < -0.3 is 15.6 Å². The first-order valence-corrected chi connectivity index (χ1v) is 10.4. The van der Waals surface area contributed by atoms with Crippen molar-refractivity contribution in [3.8, 4) is 11.3 Å². The van der Waals surface area contributed by atoms with E-state index in [1.807, 2.05) is 13.8 Å². The zero-order valence-corrected chi connectivity index (χ0v) is 17.9. The Morgan fingerprint density at radius 3 is 2.47 bits per heavy atom. The molecule has 0 unspecified atom stereocenters. The van der Waals surface area contributed by atoms with Crippen molar-refractivity contribution in [2.75, 3.05) is 18.9 Å². The molecular weight excluding hydrogens is 407 g/mol. The summed E-state index contributed by atoms with van der Waals surface area (Å²) in [5.74, 6) is -0.346.